The van der Waals surface area contributed by atoms with Crippen LogP contribution in [0.25, 0.3) is 0 Å². The highest BCUT2D eigenvalue weighted by Crippen LogP contribution is 2.22. The van der Waals surface area contributed by atoms with E-state index in [1.165, 1.54) is 12.4 Å². The molecule has 0 aliphatic carbocycles. The van der Waals surface area contributed by atoms with E-state index in [4.69, 9.17) is 0 Å². The molecule has 0 aromatic carbocycles. The first-order chi connectivity index (χ1) is 6.90. The summed E-state index contributed by atoms with van der Waals surface area (Å²) in [5, 5.41) is 0. The number of alkyl halides is 3. The van der Waals surface area contributed by atoms with E-state index in [1.807, 2.05) is 0 Å². The number of carbonyl (C=O) groups excluding carboxylic acids is 1. The lowest BCUT2D eigenvalue weighted by Gasteiger charge is -2.17. The SMILES string of the molecule is CC1=CN(CC(F)(F)F)C=C(C=O)CC1. The summed E-state index contributed by atoms with van der Waals surface area (Å²) in [6.07, 6.45) is 0.168. The third kappa shape index (κ3) is 4.18. The smallest absolute Gasteiger partial charge is 0.345 e. The third-order valence-corrected chi connectivity index (χ3v) is 2.04. The number of halogens is 3. The van der Waals surface area contributed by atoms with Crippen molar-refractivity contribution in [1.82, 2.24) is 4.90 Å². The Morgan fingerprint density at radius 3 is 2.60 bits per heavy atom. The molecule has 5 heteroatoms. The fourth-order valence-electron chi connectivity index (χ4n) is 1.39. The fraction of sp³-hybridized carbons (Fsp3) is 0.500. The van der Waals surface area contributed by atoms with Crippen molar-refractivity contribution in [3.05, 3.63) is 23.5 Å². The van der Waals surface area contributed by atoms with Crippen LogP contribution in [-0.2, 0) is 4.79 Å². The molecule has 1 aliphatic rings. The summed E-state index contributed by atoms with van der Waals surface area (Å²) in [4.78, 5) is 11.6. The molecule has 0 bridgehead atoms. The van der Waals surface area contributed by atoms with E-state index in [1.54, 1.807) is 6.92 Å². The van der Waals surface area contributed by atoms with Crippen molar-refractivity contribution in [2.45, 2.75) is 25.9 Å². The predicted molar refractivity (Wildman–Crippen MR) is 49.9 cm³/mol. The Morgan fingerprint density at radius 2 is 2.07 bits per heavy atom. The maximum absolute atomic E-state index is 12.1. The minimum Gasteiger partial charge on any atom is -0.345 e. The summed E-state index contributed by atoms with van der Waals surface area (Å²) < 4.78 is 36.4. The number of carbonyl (C=O) groups is 1. The quantitative estimate of drug-likeness (QED) is 0.665. The second kappa shape index (κ2) is 4.51. The molecule has 1 heterocycles. The van der Waals surface area contributed by atoms with E-state index in [0.717, 1.165) is 10.5 Å². The Balaban J connectivity index is 2.81. The van der Waals surface area contributed by atoms with Crippen LogP contribution in [-0.4, -0.2) is 23.9 Å². The molecule has 0 saturated heterocycles. The van der Waals surface area contributed by atoms with Crippen LogP contribution in [0.5, 0.6) is 0 Å². The summed E-state index contributed by atoms with van der Waals surface area (Å²) in [6, 6.07) is 0. The molecule has 0 unspecified atom stereocenters. The van der Waals surface area contributed by atoms with Crippen molar-refractivity contribution >= 4 is 6.29 Å². The van der Waals surface area contributed by atoms with E-state index < -0.39 is 12.7 Å². The predicted octanol–water partition coefficient (Wildman–Crippen LogP) is 2.63. The number of hydrogen-bond acceptors (Lipinski definition) is 2. The minimum atomic E-state index is -4.26. The highest BCUT2D eigenvalue weighted by molar-refractivity contribution is 5.73. The van der Waals surface area contributed by atoms with Gasteiger partial charge in [0, 0.05) is 18.0 Å². The van der Waals surface area contributed by atoms with Crippen LogP contribution in [0, 0.1) is 0 Å². The molecule has 1 rings (SSSR count). The van der Waals surface area contributed by atoms with Gasteiger partial charge in [-0.2, -0.15) is 13.2 Å². The van der Waals surface area contributed by atoms with Crippen molar-refractivity contribution in [3.8, 4) is 0 Å². The molecular formula is C10H12F3NO. The zero-order chi connectivity index (χ0) is 11.5. The highest BCUT2D eigenvalue weighted by atomic mass is 19.4. The van der Waals surface area contributed by atoms with Gasteiger partial charge in [-0.3, -0.25) is 4.79 Å². The van der Waals surface area contributed by atoms with Gasteiger partial charge in [-0.15, -0.1) is 0 Å². The van der Waals surface area contributed by atoms with Gasteiger partial charge in [-0.25, -0.2) is 0 Å². The van der Waals surface area contributed by atoms with Crippen molar-refractivity contribution in [2.75, 3.05) is 6.54 Å². The Hall–Kier alpha value is -1.26. The zero-order valence-electron chi connectivity index (χ0n) is 8.34. The molecule has 0 spiro atoms. The summed E-state index contributed by atoms with van der Waals surface area (Å²) in [5.41, 5.74) is 1.24. The lowest BCUT2D eigenvalue weighted by atomic mass is 10.1. The number of hydrogen-bond donors (Lipinski definition) is 0. The highest BCUT2D eigenvalue weighted by Gasteiger charge is 2.29. The van der Waals surface area contributed by atoms with Gasteiger partial charge in [0.25, 0.3) is 0 Å². The summed E-state index contributed by atoms with van der Waals surface area (Å²) in [6.45, 7) is 0.701. The molecule has 0 radical (unpaired) electrons. The van der Waals surface area contributed by atoms with Gasteiger partial charge in [0.15, 0.2) is 0 Å². The Kier molecular flexibility index (Phi) is 3.55. The van der Waals surface area contributed by atoms with E-state index in [2.05, 4.69) is 0 Å². The number of nitrogens with zero attached hydrogens (tertiary/aromatic N) is 1. The van der Waals surface area contributed by atoms with E-state index in [0.29, 0.717) is 24.7 Å². The lowest BCUT2D eigenvalue weighted by Crippen LogP contribution is -2.26. The first-order valence-corrected chi connectivity index (χ1v) is 4.56. The largest absolute Gasteiger partial charge is 0.406 e. The fourth-order valence-corrected chi connectivity index (χ4v) is 1.39. The second-order valence-corrected chi connectivity index (χ2v) is 3.58. The van der Waals surface area contributed by atoms with Gasteiger partial charge in [-0.05, 0) is 19.8 Å². The lowest BCUT2D eigenvalue weighted by molar-refractivity contribution is -0.136. The van der Waals surface area contributed by atoms with Crippen LogP contribution in [0.3, 0.4) is 0 Å². The molecule has 0 aromatic heterocycles. The minimum absolute atomic E-state index is 0.396. The summed E-state index contributed by atoms with van der Waals surface area (Å²) in [5.74, 6) is 0. The molecule has 0 amide bonds. The molecule has 0 atom stereocenters. The maximum atomic E-state index is 12.1. The molecule has 0 saturated carbocycles. The molecule has 0 N–H and O–H groups in total. The van der Waals surface area contributed by atoms with Crippen molar-refractivity contribution in [2.24, 2.45) is 0 Å². The van der Waals surface area contributed by atoms with E-state index in [9.17, 15) is 18.0 Å². The monoisotopic (exact) mass is 219 g/mol. The van der Waals surface area contributed by atoms with E-state index >= 15 is 0 Å². The first kappa shape index (κ1) is 11.8. The Labute approximate surface area is 86.1 Å². The molecule has 0 aromatic rings. The van der Waals surface area contributed by atoms with Crippen molar-refractivity contribution < 1.29 is 18.0 Å². The van der Waals surface area contributed by atoms with Crippen LogP contribution in [0.1, 0.15) is 19.8 Å². The van der Waals surface area contributed by atoms with Crippen LogP contribution in [0.2, 0.25) is 0 Å². The van der Waals surface area contributed by atoms with Crippen LogP contribution < -0.4 is 0 Å². The average molecular weight is 219 g/mol. The van der Waals surface area contributed by atoms with Gasteiger partial charge in [0.05, 0.1) is 0 Å². The second-order valence-electron chi connectivity index (χ2n) is 3.58. The number of rotatable bonds is 2. The average Bonchev–Trinajstić information content (AvgIpc) is 2.24. The molecule has 84 valence electrons. The Morgan fingerprint density at radius 1 is 1.40 bits per heavy atom. The van der Waals surface area contributed by atoms with E-state index in [-0.39, 0.29) is 0 Å². The normalized spacial score (nSPS) is 18.0. The van der Waals surface area contributed by atoms with Gasteiger partial charge >= 0.3 is 6.18 Å². The van der Waals surface area contributed by atoms with Gasteiger partial charge in [0.1, 0.15) is 12.8 Å². The molecular weight excluding hydrogens is 207 g/mol. The van der Waals surface area contributed by atoms with Gasteiger partial charge in [0.2, 0.25) is 0 Å². The van der Waals surface area contributed by atoms with Gasteiger partial charge < -0.3 is 4.90 Å². The Bertz CT molecular complexity index is 304. The zero-order valence-corrected chi connectivity index (χ0v) is 8.34. The molecule has 0 fully saturated rings. The molecule has 2 nitrogen and oxygen atoms in total. The molecule has 15 heavy (non-hydrogen) atoms. The number of aldehydes is 1. The van der Waals surface area contributed by atoms with Gasteiger partial charge in [-0.1, -0.05) is 5.57 Å². The van der Waals surface area contributed by atoms with Crippen LogP contribution >= 0.6 is 0 Å². The van der Waals surface area contributed by atoms with Crippen LogP contribution in [0.15, 0.2) is 23.5 Å². The third-order valence-electron chi connectivity index (χ3n) is 2.04. The first-order valence-electron chi connectivity index (χ1n) is 4.56. The molecule has 1 aliphatic heterocycles. The number of allylic oxidation sites excluding steroid dienone is 2. The topological polar surface area (TPSA) is 20.3 Å². The summed E-state index contributed by atoms with van der Waals surface area (Å²) in [7, 11) is 0. The summed E-state index contributed by atoms with van der Waals surface area (Å²) >= 11 is 0. The van der Waals surface area contributed by atoms with Crippen molar-refractivity contribution in [1.29, 1.82) is 0 Å². The maximum Gasteiger partial charge on any atom is 0.406 e. The van der Waals surface area contributed by atoms with Crippen LogP contribution in [0.4, 0.5) is 13.2 Å². The van der Waals surface area contributed by atoms with Crippen molar-refractivity contribution in [3.63, 3.8) is 0 Å². The standard InChI is InChI=1S/C10H12F3NO/c1-8-2-3-9(6-15)5-14(4-8)7-10(11,12)13/h4-6H,2-3,7H2,1H3.